The number of hydrogen-bond acceptors (Lipinski definition) is 4. The van der Waals surface area contributed by atoms with E-state index in [0.29, 0.717) is 0 Å². The molecule has 0 aromatic rings. The largest absolute Gasteiger partial charge is 0.362 e. The van der Waals surface area contributed by atoms with Crippen molar-refractivity contribution in [2.75, 3.05) is 20.6 Å². The Balaban J connectivity index is 2.32. The van der Waals surface area contributed by atoms with E-state index in [-0.39, 0.29) is 24.5 Å². The highest BCUT2D eigenvalue weighted by Crippen LogP contribution is 2.14. The number of rotatable bonds is 0. The molecule has 2 atom stereocenters. The fourth-order valence-electron chi connectivity index (χ4n) is 1.67. The van der Waals surface area contributed by atoms with Gasteiger partial charge in [-0.05, 0) is 0 Å². The highest BCUT2D eigenvalue weighted by molar-refractivity contribution is 5.93. The lowest BCUT2D eigenvalue weighted by atomic mass is 10.2. The SMILES string of the molecule is CN1CC(=O)N(C)C2N=CNC2C1=O. The maximum atomic E-state index is 11.7. The van der Waals surface area contributed by atoms with Crippen LogP contribution >= 0.6 is 0 Å². The van der Waals surface area contributed by atoms with Crippen molar-refractivity contribution in [2.24, 2.45) is 4.99 Å². The molecule has 2 unspecified atom stereocenters. The lowest BCUT2D eigenvalue weighted by Gasteiger charge is -2.22. The van der Waals surface area contributed by atoms with E-state index in [1.807, 2.05) is 0 Å². The maximum Gasteiger partial charge on any atom is 0.249 e. The molecule has 0 saturated carbocycles. The summed E-state index contributed by atoms with van der Waals surface area (Å²) in [6.45, 7) is 0.125. The highest BCUT2D eigenvalue weighted by Gasteiger charge is 2.40. The van der Waals surface area contributed by atoms with Crippen molar-refractivity contribution >= 4 is 18.2 Å². The van der Waals surface area contributed by atoms with Crippen LogP contribution < -0.4 is 5.32 Å². The van der Waals surface area contributed by atoms with Gasteiger partial charge >= 0.3 is 0 Å². The first-order valence-electron chi connectivity index (χ1n) is 4.39. The van der Waals surface area contributed by atoms with Crippen LogP contribution in [0.5, 0.6) is 0 Å². The summed E-state index contributed by atoms with van der Waals surface area (Å²) < 4.78 is 0. The molecule has 1 fully saturated rings. The first-order chi connectivity index (χ1) is 6.61. The molecule has 2 amide bonds. The standard InChI is InChI=1S/C8H12N4O2/c1-11-3-5(13)12(2)7-6(8(11)14)9-4-10-7/h4,6-7H,3H2,1-2H3,(H,9,10). The van der Waals surface area contributed by atoms with Crippen LogP contribution in [0.1, 0.15) is 0 Å². The van der Waals surface area contributed by atoms with Crippen LogP contribution in [-0.4, -0.2) is 60.8 Å². The molecule has 1 N–H and O–H groups in total. The first-order valence-corrected chi connectivity index (χ1v) is 4.39. The zero-order valence-corrected chi connectivity index (χ0v) is 8.10. The van der Waals surface area contributed by atoms with E-state index in [9.17, 15) is 9.59 Å². The Bertz CT molecular complexity index is 314. The molecule has 14 heavy (non-hydrogen) atoms. The molecular formula is C8H12N4O2. The molecule has 2 rings (SSSR count). The van der Waals surface area contributed by atoms with Crippen molar-refractivity contribution in [3.8, 4) is 0 Å². The van der Waals surface area contributed by atoms with Gasteiger partial charge in [-0.1, -0.05) is 0 Å². The second-order valence-corrected chi connectivity index (χ2v) is 3.54. The van der Waals surface area contributed by atoms with E-state index < -0.39 is 6.04 Å². The Labute approximate surface area is 81.6 Å². The lowest BCUT2D eigenvalue weighted by Crippen LogP contribution is -2.48. The van der Waals surface area contributed by atoms with Crippen molar-refractivity contribution in [3.05, 3.63) is 0 Å². The van der Waals surface area contributed by atoms with Gasteiger partial charge in [0, 0.05) is 14.1 Å². The number of amides is 2. The molecule has 0 radical (unpaired) electrons. The third kappa shape index (κ3) is 1.14. The second-order valence-electron chi connectivity index (χ2n) is 3.54. The second kappa shape index (κ2) is 2.97. The van der Waals surface area contributed by atoms with Gasteiger partial charge in [0.2, 0.25) is 11.8 Å². The Morgan fingerprint density at radius 2 is 2.21 bits per heavy atom. The minimum Gasteiger partial charge on any atom is -0.362 e. The molecule has 0 spiro atoms. The summed E-state index contributed by atoms with van der Waals surface area (Å²) in [5.41, 5.74) is 0. The minimum absolute atomic E-state index is 0.0887. The van der Waals surface area contributed by atoms with Gasteiger partial charge in [0.15, 0.2) is 6.17 Å². The monoisotopic (exact) mass is 196 g/mol. The summed E-state index contributed by atoms with van der Waals surface area (Å²) in [4.78, 5) is 30.2. The van der Waals surface area contributed by atoms with Gasteiger partial charge in [-0.3, -0.25) is 9.59 Å². The van der Waals surface area contributed by atoms with Crippen molar-refractivity contribution < 1.29 is 9.59 Å². The predicted octanol–water partition coefficient (Wildman–Crippen LogP) is -1.76. The summed E-state index contributed by atoms with van der Waals surface area (Å²) in [6.07, 6.45) is 1.09. The molecule has 6 heteroatoms. The molecule has 0 aromatic heterocycles. The van der Waals surface area contributed by atoms with E-state index in [0.717, 1.165) is 0 Å². The van der Waals surface area contributed by atoms with Gasteiger partial charge in [-0.2, -0.15) is 0 Å². The Morgan fingerprint density at radius 3 is 2.93 bits per heavy atom. The zero-order chi connectivity index (χ0) is 10.3. The quantitative estimate of drug-likeness (QED) is 0.499. The number of carbonyl (C=O) groups is 2. The van der Waals surface area contributed by atoms with Crippen LogP contribution in [0.2, 0.25) is 0 Å². The molecule has 0 aliphatic carbocycles. The van der Waals surface area contributed by atoms with Crippen LogP contribution in [0.4, 0.5) is 0 Å². The fourth-order valence-corrected chi connectivity index (χ4v) is 1.67. The molecule has 76 valence electrons. The molecular weight excluding hydrogens is 184 g/mol. The number of nitrogens with zero attached hydrogens (tertiary/aromatic N) is 3. The maximum absolute atomic E-state index is 11.7. The number of hydrogen-bond donors (Lipinski definition) is 1. The first kappa shape index (κ1) is 8.98. The summed E-state index contributed by atoms with van der Waals surface area (Å²) in [7, 11) is 3.28. The summed E-state index contributed by atoms with van der Waals surface area (Å²) in [6, 6.07) is -0.420. The molecule has 0 aromatic carbocycles. The Morgan fingerprint density at radius 1 is 1.50 bits per heavy atom. The van der Waals surface area contributed by atoms with Gasteiger partial charge in [-0.25, -0.2) is 4.99 Å². The van der Waals surface area contributed by atoms with Gasteiger partial charge in [0.05, 0.1) is 12.9 Å². The lowest BCUT2D eigenvalue weighted by molar-refractivity contribution is -0.135. The Kier molecular flexibility index (Phi) is 1.90. The summed E-state index contributed by atoms with van der Waals surface area (Å²) >= 11 is 0. The van der Waals surface area contributed by atoms with Gasteiger partial charge in [-0.15, -0.1) is 0 Å². The van der Waals surface area contributed by atoms with Crippen LogP contribution in [0.15, 0.2) is 4.99 Å². The third-order valence-electron chi connectivity index (χ3n) is 2.58. The van der Waals surface area contributed by atoms with E-state index in [4.69, 9.17) is 0 Å². The number of fused-ring (bicyclic) bond motifs is 1. The molecule has 2 aliphatic heterocycles. The van der Waals surface area contributed by atoms with Crippen LogP contribution in [0.3, 0.4) is 0 Å². The van der Waals surface area contributed by atoms with E-state index >= 15 is 0 Å². The molecule has 0 bridgehead atoms. The number of likely N-dealkylation sites (N-methyl/N-ethyl adjacent to an activating group) is 2. The van der Waals surface area contributed by atoms with E-state index in [2.05, 4.69) is 10.3 Å². The number of nitrogens with one attached hydrogen (secondary N) is 1. The zero-order valence-electron chi connectivity index (χ0n) is 8.10. The molecule has 2 aliphatic rings. The van der Waals surface area contributed by atoms with Gasteiger partial charge in [0.1, 0.15) is 6.04 Å². The van der Waals surface area contributed by atoms with Crippen LogP contribution in [-0.2, 0) is 9.59 Å². The van der Waals surface area contributed by atoms with E-state index in [1.165, 1.54) is 16.1 Å². The normalized spacial score (nSPS) is 31.6. The van der Waals surface area contributed by atoms with E-state index in [1.54, 1.807) is 14.1 Å². The highest BCUT2D eigenvalue weighted by atomic mass is 16.2. The number of carbonyl (C=O) groups excluding carboxylic acids is 2. The van der Waals surface area contributed by atoms with Gasteiger partial charge in [0.25, 0.3) is 0 Å². The average Bonchev–Trinajstić information content (AvgIpc) is 2.60. The predicted molar refractivity (Wildman–Crippen MR) is 49.6 cm³/mol. The van der Waals surface area contributed by atoms with Crippen molar-refractivity contribution in [2.45, 2.75) is 12.2 Å². The van der Waals surface area contributed by atoms with Crippen molar-refractivity contribution in [3.63, 3.8) is 0 Å². The molecule has 1 saturated heterocycles. The van der Waals surface area contributed by atoms with Crippen LogP contribution in [0, 0.1) is 0 Å². The van der Waals surface area contributed by atoms with Crippen molar-refractivity contribution in [1.29, 1.82) is 0 Å². The smallest absolute Gasteiger partial charge is 0.249 e. The summed E-state index contributed by atoms with van der Waals surface area (Å²) in [5.74, 6) is -0.181. The third-order valence-corrected chi connectivity index (χ3v) is 2.58. The van der Waals surface area contributed by atoms with Crippen LogP contribution in [0.25, 0.3) is 0 Å². The van der Waals surface area contributed by atoms with Gasteiger partial charge < -0.3 is 15.1 Å². The molecule has 6 nitrogen and oxygen atoms in total. The average molecular weight is 196 g/mol. The summed E-state index contributed by atoms with van der Waals surface area (Å²) in [5, 5.41) is 2.85. The minimum atomic E-state index is -0.420. The fraction of sp³-hybridized carbons (Fsp3) is 0.625. The van der Waals surface area contributed by atoms with Crippen molar-refractivity contribution in [1.82, 2.24) is 15.1 Å². The topological polar surface area (TPSA) is 65.0 Å². The Hall–Kier alpha value is -1.59. The molecule has 2 heterocycles. The number of aliphatic imine (C=N–C) groups is 1.